The molecule has 128 valence electrons. The highest BCUT2D eigenvalue weighted by Crippen LogP contribution is 2.15. The number of nitrogens with zero attached hydrogens (tertiary/aromatic N) is 3. The van der Waals surface area contributed by atoms with Gasteiger partial charge in [0.2, 0.25) is 5.95 Å². The lowest BCUT2D eigenvalue weighted by atomic mass is 10.1. The minimum absolute atomic E-state index is 0.143. The van der Waals surface area contributed by atoms with Gasteiger partial charge in [0.1, 0.15) is 5.82 Å². The summed E-state index contributed by atoms with van der Waals surface area (Å²) in [4.78, 5) is 4.08. The summed E-state index contributed by atoms with van der Waals surface area (Å²) in [6.07, 6.45) is 5.57. The molecule has 2 heterocycles. The molecule has 0 radical (unpaired) electrons. The Morgan fingerprint density at radius 3 is 3.12 bits per heavy atom. The molecule has 1 unspecified atom stereocenters. The second-order valence-electron chi connectivity index (χ2n) is 5.82. The van der Waals surface area contributed by atoms with Crippen molar-refractivity contribution in [2.45, 2.75) is 32.5 Å². The van der Waals surface area contributed by atoms with E-state index in [-0.39, 0.29) is 11.9 Å². The first kappa shape index (κ1) is 16.6. The maximum atomic E-state index is 13.5. The Kier molecular flexibility index (Phi) is 5.22. The van der Waals surface area contributed by atoms with Gasteiger partial charge in [-0.3, -0.25) is 0 Å². The number of hydrogen-bond donors (Lipinski definition) is 1. The van der Waals surface area contributed by atoms with Crippen molar-refractivity contribution in [3.05, 3.63) is 47.0 Å². The van der Waals surface area contributed by atoms with Crippen LogP contribution >= 0.6 is 0 Å². The zero-order chi connectivity index (χ0) is 16.9. The van der Waals surface area contributed by atoms with Gasteiger partial charge >= 0.3 is 0 Å². The van der Waals surface area contributed by atoms with Crippen LogP contribution in [0.3, 0.4) is 0 Å². The maximum absolute atomic E-state index is 13.5. The summed E-state index contributed by atoms with van der Waals surface area (Å²) in [5.74, 6) is 0.00268. The highest BCUT2D eigenvalue weighted by atomic mass is 19.1. The number of aromatic nitrogens is 2. The Labute approximate surface area is 140 Å². The molecule has 1 aromatic heterocycles. The van der Waals surface area contributed by atoms with Gasteiger partial charge in [-0.2, -0.15) is 5.10 Å². The van der Waals surface area contributed by atoms with Crippen LogP contribution in [0.1, 0.15) is 29.7 Å². The molecule has 1 fully saturated rings. The van der Waals surface area contributed by atoms with Gasteiger partial charge in [-0.05, 0) is 37.5 Å². The summed E-state index contributed by atoms with van der Waals surface area (Å²) in [6.45, 7) is 3.44. The number of halogens is 1. The normalized spacial score (nSPS) is 17.8. The van der Waals surface area contributed by atoms with E-state index in [4.69, 9.17) is 15.2 Å². The quantitative estimate of drug-likeness (QED) is 0.825. The lowest BCUT2D eigenvalue weighted by Gasteiger charge is -2.11. The average molecular weight is 332 g/mol. The van der Waals surface area contributed by atoms with Crippen molar-refractivity contribution in [1.82, 2.24) is 9.66 Å². The molecule has 1 saturated heterocycles. The summed E-state index contributed by atoms with van der Waals surface area (Å²) in [7, 11) is 0. The molecule has 6 nitrogen and oxygen atoms in total. The fourth-order valence-corrected chi connectivity index (χ4v) is 2.62. The standard InChI is InChI=1S/C17H21FN4O2/c1-12-9-22(17(19)21-12)20-8-13-4-5-15(18)7-14(13)10-23-11-16-3-2-6-24-16/h4-5,7-9,16H,2-3,6,10-11H2,1H3,(H2,19,21). The first-order chi connectivity index (χ1) is 11.6. The van der Waals surface area contributed by atoms with Crippen LogP contribution in [0.4, 0.5) is 10.3 Å². The van der Waals surface area contributed by atoms with E-state index in [1.807, 2.05) is 6.92 Å². The minimum Gasteiger partial charge on any atom is -0.376 e. The fraction of sp³-hybridized carbons (Fsp3) is 0.412. The molecule has 7 heteroatoms. The first-order valence-corrected chi connectivity index (χ1v) is 7.95. The Morgan fingerprint density at radius 2 is 2.42 bits per heavy atom. The number of benzene rings is 1. The van der Waals surface area contributed by atoms with Gasteiger partial charge in [-0.25, -0.2) is 14.1 Å². The van der Waals surface area contributed by atoms with E-state index < -0.39 is 0 Å². The number of imidazole rings is 1. The lowest BCUT2D eigenvalue weighted by molar-refractivity contribution is 0.0105. The van der Waals surface area contributed by atoms with Crippen LogP contribution in [0, 0.1) is 12.7 Å². The Balaban J connectivity index is 1.69. The highest BCUT2D eigenvalue weighted by Gasteiger charge is 2.15. The summed E-state index contributed by atoms with van der Waals surface area (Å²) in [6, 6.07) is 4.52. The van der Waals surface area contributed by atoms with E-state index in [0.29, 0.717) is 19.2 Å². The molecular formula is C17H21FN4O2. The van der Waals surface area contributed by atoms with Crippen LogP contribution < -0.4 is 5.73 Å². The summed E-state index contributed by atoms with van der Waals surface area (Å²) >= 11 is 0. The largest absolute Gasteiger partial charge is 0.376 e. The molecule has 2 aromatic rings. The number of rotatable bonds is 6. The molecular weight excluding hydrogens is 311 g/mol. The van der Waals surface area contributed by atoms with E-state index in [0.717, 1.165) is 36.3 Å². The van der Waals surface area contributed by atoms with E-state index in [1.165, 1.54) is 16.8 Å². The van der Waals surface area contributed by atoms with E-state index in [1.54, 1.807) is 18.5 Å². The topological polar surface area (TPSA) is 74.7 Å². The SMILES string of the molecule is Cc1cn(N=Cc2ccc(F)cc2COCC2CCCO2)c(N)n1. The zero-order valence-electron chi connectivity index (χ0n) is 13.6. The molecule has 1 atom stereocenters. The second-order valence-corrected chi connectivity index (χ2v) is 5.82. The second kappa shape index (κ2) is 7.55. The molecule has 1 aliphatic rings. The number of hydrogen-bond acceptors (Lipinski definition) is 5. The highest BCUT2D eigenvalue weighted by molar-refractivity contribution is 5.81. The predicted molar refractivity (Wildman–Crippen MR) is 89.4 cm³/mol. The van der Waals surface area contributed by atoms with Crippen LogP contribution in [0.15, 0.2) is 29.5 Å². The third kappa shape index (κ3) is 4.18. The molecule has 3 rings (SSSR count). The molecule has 0 amide bonds. The lowest BCUT2D eigenvalue weighted by Crippen LogP contribution is -2.14. The van der Waals surface area contributed by atoms with E-state index in [2.05, 4.69) is 10.1 Å². The number of ether oxygens (including phenoxy) is 2. The van der Waals surface area contributed by atoms with E-state index >= 15 is 0 Å². The van der Waals surface area contributed by atoms with Crippen molar-refractivity contribution in [2.24, 2.45) is 5.10 Å². The summed E-state index contributed by atoms with van der Waals surface area (Å²) < 4.78 is 26.2. The Morgan fingerprint density at radius 1 is 1.54 bits per heavy atom. The molecule has 1 aromatic carbocycles. The van der Waals surface area contributed by atoms with Crippen LogP contribution in [0.25, 0.3) is 0 Å². The number of nitrogens with two attached hydrogens (primary N) is 1. The zero-order valence-corrected chi connectivity index (χ0v) is 13.6. The molecule has 1 aliphatic heterocycles. The molecule has 0 saturated carbocycles. The van der Waals surface area contributed by atoms with Crippen molar-refractivity contribution in [2.75, 3.05) is 18.9 Å². The van der Waals surface area contributed by atoms with Crippen molar-refractivity contribution >= 4 is 12.2 Å². The van der Waals surface area contributed by atoms with Crippen LogP contribution in [-0.2, 0) is 16.1 Å². The minimum atomic E-state index is -0.305. The third-order valence-electron chi connectivity index (χ3n) is 3.85. The summed E-state index contributed by atoms with van der Waals surface area (Å²) in [5, 5.41) is 4.27. The number of nitrogen functional groups attached to an aromatic ring is 1. The summed E-state index contributed by atoms with van der Waals surface area (Å²) in [5.41, 5.74) is 8.04. The average Bonchev–Trinajstić information content (AvgIpc) is 3.16. The smallest absolute Gasteiger partial charge is 0.221 e. The molecule has 0 aliphatic carbocycles. The van der Waals surface area contributed by atoms with Gasteiger partial charge in [-0.1, -0.05) is 6.07 Å². The van der Waals surface area contributed by atoms with Crippen LogP contribution in [-0.4, -0.2) is 35.2 Å². The van der Waals surface area contributed by atoms with Gasteiger partial charge in [0, 0.05) is 12.2 Å². The van der Waals surface area contributed by atoms with Gasteiger partial charge in [-0.15, -0.1) is 0 Å². The first-order valence-electron chi connectivity index (χ1n) is 7.95. The van der Waals surface area contributed by atoms with Crippen LogP contribution in [0.5, 0.6) is 0 Å². The van der Waals surface area contributed by atoms with Crippen molar-refractivity contribution < 1.29 is 13.9 Å². The molecule has 2 N–H and O–H groups in total. The van der Waals surface area contributed by atoms with Crippen molar-refractivity contribution in [3.63, 3.8) is 0 Å². The third-order valence-corrected chi connectivity index (χ3v) is 3.85. The molecule has 0 spiro atoms. The van der Waals surface area contributed by atoms with Gasteiger partial charge in [0.25, 0.3) is 0 Å². The predicted octanol–water partition coefficient (Wildman–Crippen LogP) is 2.49. The van der Waals surface area contributed by atoms with Crippen LogP contribution in [0.2, 0.25) is 0 Å². The number of aryl methyl sites for hydroxylation is 1. The fourth-order valence-electron chi connectivity index (χ4n) is 2.62. The number of anilines is 1. The monoisotopic (exact) mass is 332 g/mol. The Bertz CT molecular complexity index is 723. The van der Waals surface area contributed by atoms with Crippen molar-refractivity contribution in [1.29, 1.82) is 0 Å². The Hall–Kier alpha value is -2.25. The van der Waals surface area contributed by atoms with Gasteiger partial charge < -0.3 is 15.2 Å². The van der Waals surface area contributed by atoms with Crippen molar-refractivity contribution in [3.8, 4) is 0 Å². The van der Waals surface area contributed by atoms with E-state index in [9.17, 15) is 4.39 Å². The molecule has 0 bridgehead atoms. The maximum Gasteiger partial charge on any atom is 0.221 e. The molecule has 24 heavy (non-hydrogen) atoms. The van der Waals surface area contributed by atoms with Gasteiger partial charge in [0.05, 0.1) is 37.4 Å². The van der Waals surface area contributed by atoms with Gasteiger partial charge in [0.15, 0.2) is 0 Å².